The molecule has 6 heteroatoms. The topological polar surface area (TPSA) is 33.4 Å². The zero-order valence-corrected chi connectivity index (χ0v) is 25.5. The second kappa shape index (κ2) is 16.1. The number of fused-ring (bicyclic) bond motifs is 1. The first-order chi connectivity index (χ1) is 17.5. The Morgan fingerprint density at radius 2 is 1.57 bits per heavy atom. The fraction of sp³-hybridized carbons (Fsp3) is 0.452. The molecule has 0 radical (unpaired) electrons. The number of hydrogen-bond donors (Lipinski definition) is 0. The zero-order chi connectivity index (χ0) is 25.8. The van der Waals surface area contributed by atoms with Gasteiger partial charge in [-0.05, 0) is 49.1 Å². The second-order valence-electron chi connectivity index (χ2n) is 9.61. The van der Waals surface area contributed by atoms with E-state index >= 15 is 0 Å². The predicted molar refractivity (Wildman–Crippen MR) is 156 cm³/mol. The van der Waals surface area contributed by atoms with Gasteiger partial charge in [0.05, 0.1) is 12.0 Å². The number of unbranched alkanes of at least 4 members (excludes halogenated alkanes) is 2. The van der Waals surface area contributed by atoms with Crippen LogP contribution in [-0.4, -0.2) is 32.5 Å². The Hall–Kier alpha value is -1.94. The summed E-state index contributed by atoms with van der Waals surface area (Å²) >= 11 is 0. The molecule has 202 valence electrons. The molecule has 0 saturated carbocycles. The molecule has 0 N–H and O–H groups in total. The van der Waals surface area contributed by atoms with Crippen LogP contribution in [0.1, 0.15) is 64.0 Å². The van der Waals surface area contributed by atoms with Crippen LogP contribution in [0.2, 0.25) is 0 Å². The molecule has 3 rings (SSSR count). The van der Waals surface area contributed by atoms with Gasteiger partial charge in [-0.25, -0.2) is 0 Å². The van der Waals surface area contributed by atoms with E-state index in [1.807, 2.05) is 6.92 Å². The van der Waals surface area contributed by atoms with Crippen LogP contribution in [0.5, 0.6) is 0 Å². The van der Waals surface area contributed by atoms with Crippen molar-refractivity contribution in [3.63, 3.8) is 0 Å². The highest BCUT2D eigenvalue weighted by Gasteiger charge is 2.17. The number of benzene rings is 2. The first-order valence-electron chi connectivity index (χ1n) is 13.6. The van der Waals surface area contributed by atoms with E-state index in [1.165, 1.54) is 53.4 Å². The van der Waals surface area contributed by atoms with E-state index in [0.29, 0.717) is 12.8 Å². The van der Waals surface area contributed by atoms with Gasteiger partial charge in [0.25, 0.3) is 0 Å². The molecule has 1 heterocycles. The van der Waals surface area contributed by atoms with Crippen molar-refractivity contribution in [2.45, 2.75) is 59.4 Å². The maximum Gasteiger partial charge on any atom is 0.213 e. The number of hydrogen-bond acceptors (Lipinski definition) is 3. The predicted octanol–water partition coefficient (Wildman–Crippen LogP) is 5.04. The summed E-state index contributed by atoms with van der Waals surface area (Å²) in [5.74, 6) is 0. The van der Waals surface area contributed by atoms with Gasteiger partial charge in [-0.15, -0.1) is 0 Å². The van der Waals surface area contributed by atoms with Crippen LogP contribution in [0.25, 0.3) is 23.1 Å². The molecule has 2 aromatic carbocycles. The van der Waals surface area contributed by atoms with Crippen LogP contribution < -0.4 is 26.4 Å². The van der Waals surface area contributed by atoms with Crippen molar-refractivity contribution in [1.82, 2.24) is 0 Å². The Balaban J connectivity index is 0.00000481. The van der Waals surface area contributed by atoms with E-state index in [2.05, 4.69) is 96.3 Å². The molecule has 0 fully saturated rings. The summed E-state index contributed by atoms with van der Waals surface area (Å²) < 4.78 is 20.1. The van der Waals surface area contributed by atoms with Gasteiger partial charge in [0.2, 0.25) is 5.52 Å². The van der Waals surface area contributed by atoms with E-state index in [1.54, 1.807) is 6.66 Å². The van der Waals surface area contributed by atoms with Gasteiger partial charge in [0.15, 0.2) is 13.6 Å². The van der Waals surface area contributed by atoms with E-state index in [0.717, 1.165) is 26.1 Å². The molecule has 1 unspecified atom stereocenters. The molecule has 0 spiro atoms. The van der Waals surface area contributed by atoms with Gasteiger partial charge in [0, 0.05) is 50.2 Å². The van der Waals surface area contributed by atoms with Gasteiger partial charge >= 0.3 is 0 Å². The Kier molecular flexibility index (Phi) is 13.6. The van der Waals surface area contributed by atoms with Crippen LogP contribution >= 0.6 is 7.37 Å². The molecule has 1 atom stereocenters. The lowest BCUT2D eigenvalue weighted by Crippen LogP contribution is -3.00. The number of nitrogens with zero attached hydrogens (tertiary/aromatic N) is 2. The Morgan fingerprint density at radius 1 is 0.892 bits per heavy atom. The van der Waals surface area contributed by atoms with E-state index in [-0.39, 0.29) is 17.0 Å². The molecule has 0 aliphatic rings. The number of rotatable bonds is 15. The molecule has 1 aromatic heterocycles. The Labute approximate surface area is 235 Å². The lowest BCUT2D eigenvalue weighted by Gasteiger charge is -2.24. The highest BCUT2D eigenvalue weighted by molar-refractivity contribution is 7.58. The fourth-order valence-corrected chi connectivity index (χ4v) is 5.96. The van der Waals surface area contributed by atoms with Crippen LogP contribution in [0.4, 0.5) is 5.69 Å². The van der Waals surface area contributed by atoms with E-state index in [9.17, 15) is 4.57 Å². The summed E-state index contributed by atoms with van der Waals surface area (Å²) in [5, 5.41) is 1.22. The van der Waals surface area contributed by atoms with Crippen molar-refractivity contribution < 1.29 is 30.6 Å². The Morgan fingerprint density at radius 3 is 2.22 bits per heavy atom. The summed E-state index contributed by atoms with van der Waals surface area (Å²) in [6.07, 6.45) is 12.9. The van der Waals surface area contributed by atoms with Crippen molar-refractivity contribution in [3.05, 3.63) is 71.9 Å². The molecule has 0 bridgehead atoms. The number of pyridine rings is 1. The first-order valence-corrected chi connectivity index (χ1v) is 15.9. The lowest BCUT2D eigenvalue weighted by atomic mass is 10.1. The Bertz CT molecular complexity index is 1160. The molecular weight excluding hydrogens is 543 g/mol. The monoisotopic (exact) mass is 586 g/mol. The molecule has 3 aromatic rings. The van der Waals surface area contributed by atoms with E-state index in [4.69, 9.17) is 4.52 Å². The molecule has 4 nitrogen and oxygen atoms in total. The number of halogens is 1. The van der Waals surface area contributed by atoms with Gasteiger partial charge in [-0.3, -0.25) is 4.57 Å². The van der Waals surface area contributed by atoms with Crippen molar-refractivity contribution >= 4 is 36.1 Å². The molecule has 0 saturated heterocycles. The van der Waals surface area contributed by atoms with Gasteiger partial charge in [-0.2, -0.15) is 4.57 Å². The number of aryl methyl sites for hydroxylation is 1. The quantitative estimate of drug-likeness (QED) is 0.185. The molecule has 0 amide bonds. The summed E-state index contributed by atoms with van der Waals surface area (Å²) in [6.45, 7) is 11.7. The van der Waals surface area contributed by atoms with Crippen LogP contribution in [0.3, 0.4) is 0 Å². The van der Waals surface area contributed by atoms with Gasteiger partial charge in [0.1, 0.15) is 6.54 Å². The summed E-state index contributed by atoms with van der Waals surface area (Å²) in [7, 11) is -2.49. The number of anilines is 1. The molecule has 0 aliphatic heterocycles. The average Bonchev–Trinajstić information content (AvgIpc) is 2.88. The summed E-state index contributed by atoms with van der Waals surface area (Å²) in [4.78, 5) is 2.52. The standard InChI is InChI=1S/C31H44N2O2P.BrH/c1-5-8-22-32(23-9-6-2)29-19-16-27(17-20-29)15-18-28-21-25-33(31-14-11-10-13-30(28)31)24-12-26-36(4,34)35-7-3;/h10-11,13-21,25H,5-9,12,22-24,26H2,1-4H3;1H/q+1;/p-1. The molecule has 37 heavy (non-hydrogen) atoms. The van der Waals surface area contributed by atoms with Gasteiger partial charge < -0.3 is 26.4 Å². The maximum absolute atomic E-state index is 12.4. The van der Waals surface area contributed by atoms with Crippen molar-refractivity contribution in [2.24, 2.45) is 0 Å². The largest absolute Gasteiger partial charge is 1.00 e. The molecular formula is C31H44BrN2O2P. The average molecular weight is 588 g/mol. The van der Waals surface area contributed by atoms with Crippen molar-refractivity contribution in [2.75, 3.05) is 37.4 Å². The van der Waals surface area contributed by atoms with Gasteiger partial charge in [-0.1, -0.05) is 63.1 Å². The maximum atomic E-state index is 12.4. The molecule has 0 aliphatic carbocycles. The normalized spacial score (nSPS) is 13.0. The fourth-order valence-electron chi connectivity index (χ4n) is 4.56. The third-order valence-corrected chi connectivity index (χ3v) is 8.53. The van der Waals surface area contributed by atoms with E-state index < -0.39 is 7.37 Å². The lowest BCUT2D eigenvalue weighted by molar-refractivity contribution is -0.671. The van der Waals surface area contributed by atoms with Crippen LogP contribution in [-0.2, 0) is 15.6 Å². The van der Waals surface area contributed by atoms with Crippen molar-refractivity contribution in [1.29, 1.82) is 0 Å². The third-order valence-electron chi connectivity index (χ3n) is 6.60. The number of para-hydroxylation sites is 1. The SMILES string of the molecule is CCCCN(CCCC)c1ccc(C=Cc2cc[n+](CCCP(C)(=O)OCC)c3ccccc23)cc1.[Br-]. The minimum atomic E-state index is -2.49. The first kappa shape index (κ1) is 31.3. The number of aromatic nitrogens is 1. The van der Waals surface area contributed by atoms with Crippen LogP contribution in [0.15, 0.2) is 60.8 Å². The smallest absolute Gasteiger partial charge is 0.213 e. The summed E-state index contributed by atoms with van der Waals surface area (Å²) in [6, 6.07) is 19.7. The van der Waals surface area contributed by atoms with Crippen LogP contribution in [0, 0.1) is 0 Å². The van der Waals surface area contributed by atoms with Crippen molar-refractivity contribution in [3.8, 4) is 0 Å². The highest BCUT2D eigenvalue weighted by atomic mass is 79.9. The minimum Gasteiger partial charge on any atom is -1.00 e. The zero-order valence-electron chi connectivity index (χ0n) is 23.0. The second-order valence-corrected chi connectivity index (χ2v) is 12.3. The summed E-state index contributed by atoms with van der Waals surface area (Å²) in [5.41, 5.74) is 4.93. The highest BCUT2D eigenvalue weighted by Crippen LogP contribution is 2.42. The minimum absolute atomic E-state index is 0. The third kappa shape index (κ3) is 9.71.